The SMILES string of the molecule is Cc1nn(-c2cccc(Cl)c2)c2[nH]c(C(F)F)nc(=S)c12. The molecule has 0 saturated heterocycles. The molecule has 0 fully saturated rings. The summed E-state index contributed by atoms with van der Waals surface area (Å²) in [6.07, 6.45) is -2.74. The molecular formula is C13H9ClF2N4S. The molecule has 8 heteroatoms. The van der Waals surface area contributed by atoms with Crippen LogP contribution in [0.25, 0.3) is 16.7 Å². The van der Waals surface area contributed by atoms with Gasteiger partial charge in [0.2, 0.25) is 0 Å². The number of aryl methyl sites for hydroxylation is 1. The molecule has 3 rings (SSSR count). The number of fused-ring (bicyclic) bond motifs is 1. The van der Waals surface area contributed by atoms with Gasteiger partial charge in [0.15, 0.2) is 5.82 Å². The molecule has 0 aliphatic heterocycles. The highest BCUT2D eigenvalue weighted by molar-refractivity contribution is 7.71. The molecule has 21 heavy (non-hydrogen) atoms. The Morgan fingerprint density at radius 2 is 2.14 bits per heavy atom. The second-order valence-corrected chi connectivity index (χ2v) is 5.25. The van der Waals surface area contributed by atoms with Gasteiger partial charge in [-0.1, -0.05) is 29.9 Å². The van der Waals surface area contributed by atoms with Crippen LogP contribution in [-0.2, 0) is 0 Å². The third-order valence-electron chi connectivity index (χ3n) is 3.00. The molecule has 0 aliphatic rings. The van der Waals surface area contributed by atoms with E-state index in [0.29, 0.717) is 27.4 Å². The highest BCUT2D eigenvalue weighted by Crippen LogP contribution is 2.24. The van der Waals surface area contributed by atoms with Crippen LogP contribution in [0.15, 0.2) is 24.3 Å². The van der Waals surface area contributed by atoms with Gasteiger partial charge in [-0.25, -0.2) is 18.4 Å². The van der Waals surface area contributed by atoms with Crippen molar-refractivity contribution in [1.29, 1.82) is 0 Å². The van der Waals surface area contributed by atoms with Gasteiger partial charge in [-0.3, -0.25) is 0 Å². The van der Waals surface area contributed by atoms with E-state index < -0.39 is 12.2 Å². The van der Waals surface area contributed by atoms with Crippen LogP contribution in [0.5, 0.6) is 0 Å². The summed E-state index contributed by atoms with van der Waals surface area (Å²) in [6.45, 7) is 1.75. The van der Waals surface area contributed by atoms with Gasteiger partial charge in [-0.05, 0) is 25.1 Å². The lowest BCUT2D eigenvalue weighted by Crippen LogP contribution is -2.01. The Morgan fingerprint density at radius 1 is 1.38 bits per heavy atom. The van der Waals surface area contributed by atoms with Gasteiger partial charge in [-0.2, -0.15) is 5.10 Å². The number of hydrogen-bond acceptors (Lipinski definition) is 3. The fraction of sp³-hybridized carbons (Fsp3) is 0.154. The highest BCUT2D eigenvalue weighted by atomic mass is 35.5. The van der Waals surface area contributed by atoms with Crippen LogP contribution in [0.2, 0.25) is 5.02 Å². The fourth-order valence-corrected chi connectivity index (χ4v) is 2.64. The summed E-state index contributed by atoms with van der Waals surface area (Å²) in [7, 11) is 0. The first-order chi connectivity index (χ1) is 9.97. The van der Waals surface area contributed by atoms with E-state index in [-0.39, 0.29) is 4.64 Å². The summed E-state index contributed by atoms with van der Waals surface area (Å²) in [4.78, 5) is 6.32. The number of benzene rings is 1. The van der Waals surface area contributed by atoms with Crippen LogP contribution in [0.1, 0.15) is 17.9 Å². The zero-order chi connectivity index (χ0) is 15.1. The van der Waals surface area contributed by atoms with E-state index in [1.807, 2.05) is 0 Å². The quantitative estimate of drug-likeness (QED) is 0.711. The molecule has 2 heterocycles. The Bertz CT molecular complexity index is 887. The van der Waals surface area contributed by atoms with Crippen LogP contribution < -0.4 is 0 Å². The number of halogens is 3. The zero-order valence-electron chi connectivity index (χ0n) is 10.8. The molecular weight excluding hydrogens is 318 g/mol. The van der Waals surface area contributed by atoms with Crippen molar-refractivity contribution in [2.24, 2.45) is 0 Å². The maximum Gasteiger partial charge on any atom is 0.295 e. The third-order valence-corrected chi connectivity index (χ3v) is 3.53. The monoisotopic (exact) mass is 326 g/mol. The Kier molecular flexibility index (Phi) is 3.46. The van der Waals surface area contributed by atoms with Crippen molar-refractivity contribution in [3.8, 4) is 5.69 Å². The molecule has 1 aromatic carbocycles. The summed E-state index contributed by atoms with van der Waals surface area (Å²) in [5.74, 6) is -0.476. The van der Waals surface area contributed by atoms with Crippen molar-refractivity contribution < 1.29 is 8.78 Å². The van der Waals surface area contributed by atoms with E-state index in [4.69, 9.17) is 23.8 Å². The third kappa shape index (κ3) is 2.43. The molecule has 0 unspecified atom stereocenters. The predicted octanol–water partition coefficient (Wildman–Crippen LogP) is 4.38. The second-order valence-electron chi connectivity index (χ2n) is 4.43. The topological polar surface area (TPSA) is 46.5 Å². The van der Waals surface area contributed by atoms with Gasteiger partial charge in [0.1, 0.15) is 10.3 Å². The van der Waals surface area contributed by atoms with E-state index in [0.717, 1.165) is 0 Å². The average Bonchev–Trinajstić information content (AvgIpc) is 2.76. The molecule has 0 spiro atoms. The van der Waals surface area contributed by atoms with Crippen LogP contribution in [0, 0.1) is 11.6 Å². The molecule has 1 N–H and O–H groups in total. The molecule has 0 radical (unpaired) electrons. The molecule has 0 bridgehead atoms. The maximum atomic E-state index is 12.9. The van der Waals surface area contributed by atoms with Crippen molar-refractivity contribution in [3.63, 3.8) is 0 Å². The van der Waals surface area contributed by atoms with Crippen molar-refractivity contribution in [3.05, 3.63) is 45.4 Å². The lowest BCUT2D eigenvalue weighted by molar-refractivity contribution is 0.140. The van der Waals surface area contributed by atoms with Gasteiger partial charge >= 0.3 is 0 Å². The van der Waals surface area contributed by atoms with Gasteiger partial charge in [0.25, 0.3) is 6.43 Å². The molecule has 3 aromatic rings. The van der Waals surface area contributed by atoms with Gasteiger partial charge in [0, 0.05) is 5.02 Å². The van der Waals surface area contributed by atoms with Crippen molar-refractivity contribution in [2.75, 3.05) is 0 Å². The Balaban J connectivity index is 2.36. The molecule has 0 amide bonds. The number of rotatable bonds is 2. The lowest BCUT2D eigenvalue weighted by atomic mass is 10.3. The van der Waals surface area contributed by atoms with E-state index in [2.05, 4.69) is 15.1 Å². The highest BCUT2D eigenvalue weighted by Gasteiger charge is 2.17. The van der Waals surface area contributed by atoms with Crippen LogP contribution in [0.3, 0.4) is 0 Å². The number of alkyl halides is 2. The number of nitrogens with one attached hydrogen (secondary N) is 1. The lowest BCUT2D eigenvalue weighted by Gasteiger charge is -2.05. The number of aromatic nitrogens is 4. The Hall–Kier alpha value is -1.86. The predicted molar refractivity (Wildman–Crippen MR) is 78.8 cm³/mol. The van der Waals surface area contributed by atoms with Crippen LogP contribution in [0.4, 0.5) is 8.78 Å². The maximum absolute atomic E-state index is 12.9. The molecule has 108 valence electrons. The van der Waals surface area contributed by atoms with Gasteiger partial charge in [-0.15, -0.1) is 0 Å². The number of H-pyrrole nitrogens is 1. The molecule has 0 atom stereocenters. The first kappa shape index (κ1) is 14.1. The fourth-order valence-electron chi connectivity index (χ4n) is 2.11. The van der Waals surface area contributed by atoms with Crippen molar-refractivity contribution >= 4 is 34.9 Å². The molecule has 4 nitrogen and oxygen atoms in total. The number of nitrogens with zero attached hydrogens (tertiary/aromatic N) is 3. The minimum atomic E-state index is -2.74. The van der Waals surface area contributed by atoms with Gasteiger partial charge < -0.3 is 4.98 Å². The Morgan fingerprint density at radius 3 is 2.81 bits per heavy atom. The van der Waals surface area contributed by atoms with E-state index >= 15 is 0 Å². The number of hydrogen-bond donors (Lipinski definition) is 1. The average molecular weight is 327 g/mol. The van der Waals surface area contributed by atoms with E-state index in [9.17, 15) is 8.78 Å². The molecule has 0 aliphatic carbocycles. The van der Waals surface area contributed by atoms with Crippen molar-refractivity contribution in [2.45, 2.75) is 13.3 Å². The normalized spacial score (nSPS) is 11.5. The largest absolute Gasteiger partial charge is 0.323 e. The van der Waals surface area contributed by atoms with Crippen LogP contribution in [-0.4, -0.2) is 19.7 Å². The van der Waals surface area contributed by atoms with Crippen LogP contribution >= 0.6 is 23.8 Å². The van der Waals surface area contributed by atoms with Crippen molar-refractivity contribution in [1.82, 2.24) is 19.7 Å². The Labute approximate surface area is 128 Å². The number of aromatic amines is 1. The minimum absolute atomic E-state index is 0.102. The first-order valence-corrected chi connectivity index (χ1v) is 6.79. The minimum Gasteiger partial charge on any atom is -0.323 e. The summed E-state index contributed by atoms with van der Waals surface area (Å²) in [6, 6.07) is 6.94. The molecule has 0 saturated carbocycles. The summed E-state index contributed by atoms with van der Waals surface area (Å²) in [5, 5.41) is 5.41. The summed E-state index contributed by atoms with van der Waals surface area (Å²) < 4.78 is 27.4. The first-order valence-electron chi connectivity index (χ1n) is 6.01. The summed E-state index contributed by atoms with van der Waals surface area (Å²) in [5.41, 5.74) is 1.64. The zero-order valence-corrected chi connectivity index (χ0v) is 12.3. The molecule has 2 aromatic heterocycles. The second kappa shape index (κ2) is 5.16. The van der Waals surface area contributed by atoms with Gasteiger partial charge in [0.05, 0.1) is 16.8 Å². The van der Waals surface area contributed by atoms with E-state index in [1.54, 1.807) is 31.2 Å². The van der Waals surface area contributed by atoms with E-state index in [1.165, 1.54) is 4.68 Å². The standard InChI is InChI=1S/C13H9ClF2N4S/c1-6-9-12(17-11(10(15)16)18-13(9)21)20(19-6)8-4-2-3-7(14)5-8/h2-5,10H,1H3,(H,17,18,21). The summed E-state index contributed by atoms with van der Waals surface area (Å²) >= 11 is 11.1. The smallest absolute Gasteiger partial charge is 0.295 e.